The Morgan fingerprint density at radius 1 is 1.00 bits per heavy atom. The fourth-order valence-electron chi connectivity index (χ4n) is 2.24. The van der Waals surface area contributed by atoms with Crippen molar-refractivity contribution in [2.24, 2.45) is 0 Å². The van der Waals surface area contributed by atoms with E-state index >= 15 is 0 Å². The van der Waals surface area contributed by atoms with Crippen LogP contribution in [0.25, 0.3) is 0 Å². The maximum Gasteiger partial charge on any atom is 0.253 e. The summed E-state index contributed by atoms with van der Waals surface area (Å²) >= 11 is 5.96. The second-order valence-electron chi connectivity index (χ2n) is 5.24. The number of hydrogen-bond acceptors (Lipinski definition) is 4. The van der Waals surface area contributed by atoms with Crippen molar-refractivity contribution < 1.29 is 19.1 Å². The zero-order chi connectivity index (χ0) is 18.9. The number of halogens is 1. The van der Waals surface area contributed by atoms with Crippen LogP contribution in [-0.2, 0) is 4.79 Å². The lowest BCUT2D eigenvalue weighted by molar-refractivity contribution is -0.115. The predicted octanol–water partition coefficient (Wildman–Crippen LogP) is 3.51. The highest BCUT2D eigenvalue weighted by molar-refractivity contribution is 6.33. The topological polar surface area (TPSA) is 76.7 Å². The van der Waals surface area contributed by atoms with Gasteiger partial charge in [-0.3, -0.25) is 9.59 Å². The SMILES string of the molecule is CCOc1ccc(NC(=O)CNC(=O)c2ccccc2Cl)cc1OCC. The van der Waals surface area contributed by atoms with Gasteiger partial charge in [-0.25, -0.2) is 0 Å². The molecule has 0 aromatic heterocycles. The number of amides is 2. The molecule has 0 aliphatic rings. The summed E-state index contributed by atoms with van der Waals surface area (Å²) in [5.74, 6) is 0.385. The molecule has 0 spiro atoms. The first-order valence-corrected chi connectivity index (χ1v) is 8.65. The van der Waals surface area contributed by atoms with E-state index in [4.69, 9.17) is 21.1 Å². The third-order valence-corrected chi connectivity index (χ3v) is 3.68. The largest absolute Gasteiger partial charge is 0.490 e. The zero-order valence-electron chi connectivity index (χ0n) is 14.7. The molecule has 0 heterocycles. The predicted molar refractivity (Wildman–Crippen MR) is 101 cm³/mol. The van der Waals surface area contributed by atoms with Gasteiger partial charge < -0.3 is 20.1 Å². The Hall–Kier alpha value is -2.73. The summed E-state index contributed by atoms with van der Waals surface area (Å²) in [6.45, 7) is 4.56. The van der Waals surface area contributed by atoms with Gasteiger partial charge in [-0.15, -0.1) is 0 Å². The average molecular weight is 377 g/mol. The van der Waals surface area contributed by atoms with E-state index in [0.717, 1.165) is 0 Å². The standard InChI is InChI=1S/C19H21ClN2O4/c1-3-25-16-10-9-13(11-17(16)26-4-2)22-18(23)12-21-19(24)14-7-5-6-8-15(14)20/h5-11H,3-4,12H2,1-2H3,(H,21,24)(H,22,23). The Labute approximate surface area is 157 Å². The van der Waals surface area contributed by atoms with Gasteiger partial charge in [0.1, 0.15) is 0 Å². The summed E-state index contributed by atoms with van der Waals surface area (Å²) < 4.78 is 11.0. The van der Waals surface area contributed by atoms with Crippen LogP contribution in [0.5, 0.6) is 11.5 Å². The average Bonchev–Trinajstić information content (AvgIpc) is 2.62. The molecular weight excluding hydrogens is 356 g/mol. The van der Waals surface area contributed by atoms with Crippen LogP contribution in [0.3, 0.4) is 0 Å². The molecule has 2 amide bonds. The minimum Gasteiger partial charge on any atom is -0.490 e. The van der Waals surface area contributed by atoms with E-state index in [1.54, 1.807) is 42.5 Å². The van der Waals surface area contributed by atoms with Crippen LogP contribution < -0.4 is 20.1 Å². The molecule has 0 radical (unpaired) electrons. The molecule has 26 heavy (non-hydrogen) atoms. The second-order valence-corrected chi connectivity index (χ2v) is 5.65. The highest BCUT2D eigenvalue weighted by atomic mass is 35.5. The van der Waals surface area contributed by atoms with Crippen LogP contribution in [0.2, 0.25) is 5.02 Å². The molecule has 0 fully saturated rings. The Bertz CT molecular complexity index is 780. The third kappa shape index (κ3) is 5.39. The number of benzene rings is 2. The summed E-state index contributed by atoms with van der Waals surface area (Å²) in [5.41, 5.74) is 0.871. The molecule has 7 heteroatoms. The minimum absolute atomic E-state index is 0.179. The summed E-state index contributed by atoms with van der Waals surface area (Å²) in [5, 5.41) is 5.58. The van der Waals surface area contributed by atoms with E-state index in [2.05, 4.69) is 10.6 Å². The summed E-state index contributed by atoms with van der Waals surface area (Å²) in [7, 11) is 0. The quantitative estimate of drug-likeness (QED) is 0.739. The van der Waals surface area contributed by atoms with E-state index in [9.17, 15) is 9.59 Å². The minimum atomic E-state index is -0.410. The van der Waals surface area contributed by atoms with Crippen LogP contribution >= 0.6 is 11.6 Å². The molecule has 0 saturated carbocycles. The van der Waals surface area contributed by atoms with Crippen molar-refractivity contribution in [2.75, 3.05) is 25.1 Å². The Kier molecular flexibility index (Phi) is 7.29. The lowest BCUT2D eigenvalue weighted by Gasteiger charge is -2.13. The van der Waals surface area contributed by atoms with Gasteiger partial charge in [0.2, 0.25) is 5.91 Å². The maximum atomic E-state index is 12.1. The van der Waals surface area contributed by atoms with Gasteiger partial charge in [-0.05, 0) is 38.1 Å². The molecule has 0 aliphatic heterocycles. The first-order valence-electron chi connectivity index (χ1n) is 8.27. The maximum absolute atomic E-state index is 12.1. The number of ether oxygens (including phenoxy) is 2. The van der Waals surface area contributed by atoms with Gasteiger partial charge >= 0.3 is 0 Å². The van der Waals surface area contributed by atoms with E-state index < -0.39 is 5.91 Å². The molecule has 2 aromatic carbocycles. The van der Waals surface area contributed by atoms with Crippen molar-refractivity contribution in [1.82, 2.24) is 5.32 Å². The lowest BCUT2D eigenvalue weighted by Crippen LogP contribution is -2.33. The van der Waals surface area contributed by atoms with Crippen LogP contribution in [0, 0.1) is 0 Å². The third-order valence-electron chi connectivity index (χ3n) is 3.36. The van der Waals surface area contributed by atoms with Crippen LogP contribution in [0.1, 0.15) is 24.2 Å². The Morgan fingerprint density at radius 3 is 2.38 bits per heavy atom. The van der Waals surface area contributed by atoms with Crippen molar-refractivity contribution in [1.29, 1.82) is 0 Å². The zero-order valence-corrected chi connectivity index (χ0v) is 15.4. The highest BCUT2D eigenvalue weighted by Crippen LogP contribution is 2.30. The summed E-state index contributed by atoms with van der Waals surface area (Å²) in [6, 6.07) is 11.8. The van der Waals surface area contributed by atoms with Crippen molar-refractivity contribution >= 4 is 29.1 Å². The number of rotatable bonds is 8. The van der Waals surface area contributed by atoms with Crippen LogP contribution in [0.15, 0.2) is 42.5 Å². The van der Waals surface area contributed by atoms with E-state index in [-0.39, 0.29) is 12.5 Å². The normalized spacial score (nSPS) is 10.1. The van der Waals surface area contributed by atoms with Gasteiger partial charge in [-0.1, -0.05) is 23.7 Å². The van der Waals surface area contributed by atoms with Gasteiger partial charge in [0.15, 0.2) is 11.5 Å². The number of hydrogen-bond donors (Lipinski definition) is 2. The molecular formula is C19H21ClN2O4. The van der Waals surface area contributed by atoms with Crippen LogP contribution in [-0.4, -0.2) is 31.6 Å². The van der Waals surface area contributed by atoms with Crippen molar-refractivity contribution in [3.05, 3.63) is 53.1 Å². The number of anilines is 1. The van der Waals surface area contributed by atoms with Crippen LogP contribution in [0.4, 0.5) is 5.69 Å². The molecule has 0 aliphatic carbocycles. The second kappa shape index (κ2) is 9.68. The fourth-order valence-corrected chi connectivity index (χ4v) is 2.46. The summed E-state index contributed by atoms with van der Waals surface area (Å²) in [6.07, 6.45) is 0. The number of nitrogens with one attached hydrogen (secondary N) is 2. The summed E-state index contributed by atoms with van der Waals surface area (Å²) in [4.78, 5) is 24.1. The Balaban J connectivity index is 1.96. The van der Waals surface area contributed by atoms with Crippen molar-refractivity contribution in [2.45, 2.75) is 13.8 Å². The first kappa shape index (κ1) is 19.6. The van der Waals surface area contributed by atoms with Gasteiger partial charge in [0.25, 0.3) is 5.91 Å². The molecule has 0 unspecified atom stereocenters. The van der Waals surface area contributed by atoms with Gasteiger partial charge in [-0.2, -0.15) is 0 Å². The molecule has 2 N–H and O–H groups in total. The van der Waals surface area contributed by atoms with Gasteiger partial charge in [0.05, 0.1) is 30.3 Å². The Morgan fingerprint density at radius 2 is 1.69 bits per heavy atom. The monoisotopic (exact) mass is 376 g/mol. The molecule has 138 valence electrons. The molecule has 0 saturated heterocycles. The van der Waals surface area contributed by atoms with Gasteiger partial charge in [0, 0.05) is 11.8 Å². The van der Waals surface area contributed by atoms with Crippen molar-refractivity contribution in [3.8, 4) is 11.5 Å². The van der Waals surface area contributed by atoms with E-state index in [1.807, 2.05) is 13.8 Å². The molecule has 6 nitrogen and oxygen atoms in total. The molecule has 0 atom stereocenters. The van der Waals surface area contributed by atoms with E-state index in [0.29, 0.717) is 41.0 Å². The molecule has 0 bridgehead atoms. The fraction of sp³-hybridized carbons (Fsp3) is 0.263. The highest BCUT2D eigenvalue weighted by Gasteiger charge is 2.12. The lowest BCUT2D eigenvalue weighted by atomic mass is 10.2. The van der Waals surface area contributed by atoms with E-state index in [1.165, 1.54) is 0 Å². The number of carbonyl (C=O) groups is 2. The molecule has 2 aromatic rings. The molecule has 2 rings (SSSR count). The number of carbonyl (C=O) groups excluding carboxylic acids is 2. The van der Waals surface area contributed by atoms with Crippen molar-refractivity contribution in [3.63, 3.8) is 0 Å². The first-order chi connectivity index (χ1) is 12.5. The smallest absolute Gasteiger partial charge is 0.253 e.